The van der Waals surface area contributed by atoms with E-state index in [1.54, 1.807) is 6.07 Å². The molecule has 4 heterocycles. The molecule has 3 amide bonds. The Morgan fingerprint density at radius 2 is 2.07 bits per heavy atom. The third kappa shape index (κ3) is 3.58. The van der Waals surface area contributed by atoms with E-state index in [0.29, 0.717) is 24.7 Å². The minimum absolute atomic E-state index is 0.0120. The Hall–Kier alpha value is -1.90. The van der Waals surface area contributed by atoms with Crippen molar-refractivity contribution >= 4 is 23.5 Å². The molecule has 1 spiro atoms. The highest BCUT2D eigenvalue weighted by atomic mass is 35.5. The number of rotatable bonds is 2. The van der Waals surface area contributed by atoms with Crippen LogP contribution in [0, 0.1) is 11.2 Å². The van der Waals surface area contributed by atoms with Crippen molar-refractivity contribution in [1.29, 1.82) is 0 Å². The van der Waals surface area contributed by atoms with Gasteiger partial charge in [-0.2, -0.15) is 0 Å². The topological polar surface area (TPSA) is 65.1 Å². The lowest BCUT2D eigenvalue weighted by atomic mass is 9.73. The Labute approximate surface area is 173 Å². The molecule has 9 heteroatoms. The van der Waals surface area contributed by atoms with Crippen LogP contribution in [0.3, 0.4) is 0 Å². The molecular weight excluding hydrogens is 399 g/mol. The number of benzene rings is 1. The highest BCUT2D eigenvalue weighted by Gasteiger charge is 2.54. The zero-order valence-electron chi connectivity index (χ0n) is 16.1. The molecule has 1 N–H and O–H groups in total. The van der Waals surface area contributed by atoms with Gasteiger partial charge in [-0.15, -0.1) is 0 Å². The lowest BCUT2D eigenvalue weighted by molar-refractivity contribution is -0.140. The largest absolute Gasteiger partial charge is 0.366 e. The van der Waals surface area contributed by atoms with E-state index in [9.17, 15) is 14.0 Å². The van der Waals surface area contributed by atoms with E-state index >= 15 is 0 Å². The third-order valence-electron chi connectivity index (χ3n) is 6.44. The number of carbonyl (C=O) groups excluding carboxylic acids is 2. The number of amides is 3. The quantitative estimate of drug-likeness (QED) is 0.780. The van der Waals surface area contributed by atoms with Gasteiger partial charge in [-0.05, 0) is 24.1 Å². The van der Waals surface area contributed by atoms with Gasteiger partial charge in [-0.25, -0.2) is 9.18 Å². The van der Waals surface area contributed by atoms with Crippen LogP contribution in [0.15, 0.2) is 18.2 Å². The molecule has 156 valence electrons. The molecule has 5 rings (SSSR count). The van der Waals surface area contributed by atoms with Crippen molar-refractivity contribution in [1.82, 2.24) is 20.0 Å². The maximum absolute atomic E-state index is 13.2. The minimum Gasteiger partial charge on any atom is -0.366 e. The lowest BCUT2D eigenvalue weighted by Crippen LogP contribution is -2.74. The number of fused-ring (bicyclic) bond motifs is 1. The van der Waals surface area contributed by atoms with Crippen LogP contribution in [0.5, 0.6) is 0 Å². The van der Waals surface area contributed by atoms with E-state index in [1.165, 1.54) is 12.1 Å². The normalized spacial score (nSPS) is 28.4. The van der Waals surface area contributed by atoms with Crippen LogP contribution < -0.4 is 5.32 Å². The molecule has 7 nitrogen and oxygen atoms in total. The Morgan fingerprint density at radius 3 is 2.83 bits per heavy atom. The maximum atomic E-state index is 13.2. The standard InChI is InChI=1S/C20H24ClFN4O3/c21-15-5-14(22)2-1-13(15)6-24-9-20(10-24)11-26(12-20)19(28)25-4-3-17-16(7-25)23-18(27)8-29-17/h1-2,5,16-17H,3-4,6-12H2,(H,23,27)/t16-,17+/m1/s1. The van der Waals surface area contributed by atoms with Crippen molar-refractivity contribution in [2.24, 2.45) is 5.41 Å². The molecule has 4 fully saturated rings. The number of carbonyl (C=O) groups is 2. The summed E-state index contributed by atoms with van der Waals surface area (Å²) >= 11 is 6.12. The van der Waals surface area contributed by atoms with Crippen LogP contribution in [0.25, 0.3) is 0 Å². The summed E-state index contributed by atoms with van der Waals surface area (Å²) in [7, 11) is 0. The van der Waals surface area contributed by atoms with E-state index in [2.05, 4.69) is 10.2 Å². The van der Waals surface area contributed by atoms with Crippen molar-refractivity contribution < 1.29 is 18.7 Å². The number of nitrogens with one attached hydrogen (secondary N) is 1. The van der Waals surface area contributed by atoms with E-state index in [4.69, 9.17) is 16.3 Å². The lowest BCUT2D eigenvalue weighted by Gasteiger charge is -2.61. The number of likely N-dealkylation sites (tertiary alicyclic amines) is 3. The monoisotopic (exact) mass is 422 g/mol. The molecular formula is C20H24ClFN4O3. The molecule has 0 saturated carbocycles. The van der Waals surface area contributed by atoms with Crippen molar-refractivity contribution in [3.8, 4) is 0 Å². The van der Waals surface area contributed by atoms with Gasteiger partial charge in [0.1, 0.15) is 12.4 Å². The number of morpholine rings is 1. The van der Waals surface area contributed by atoms with Crippen LogP contribution in [-0.2, 0) is 16.1 Å². The summed E-state index contributed by atoms with van der Waals surface area (Å²) in [5.74, 6) is -0.436. The first-order valence-corrected chi connectivity index (χ1v) is 10.4. The van der Waals surface area contributed by atoms with Crippen molar-refractivity contribution in [2.45, 2.75) is 25.1 Å². The van der Waals surface area contributed by atoms with Gasteiger partial charge in [0.25, 0.3) is 0 Å². The number of nitrogens with zero attached hydrogens (tertiary/aromatic N) is 3. The van der Waals surface area contributed by atoms with E-state index in [-0.39, 0.29) is 41.9 Å². The summed E-state index contributed by atoms with van der Waals surface area (Å²) < 4.78 is 18.7. The van der Waals surface area contributed by atoms with Gasteiger partial charge in [-0.3, -0.25) is 9.69 Å². The molecule has 0 aliphatic carbocycles. The van der Waals surface area contributed by atoms with Gasteiger partial charge in [0.15, 0.2) is 0 Å². The van der Waals surface area contributed by atoms with Crippen LogP contribution in [0.2, 0.25) is 5.02 Å². The molecule has 0 unspecified atom stereocenters. The van der Waals surface area contributed by atoms with Crippen molar-refractivity contribution in [2.75, 3.05) is 45.9 Å². The maximum Gasteiger partial charge on any atom is 0.320 e. The molecule has 4 saturated heterocycles. The van der Waals surface area contributed by atoms with Gasteiger partial charge in [-0.1, -0.05) is 17.7 Å². The van der Waals surface area contributed by atoms with Crippen LogP contribution in [0.1, 0.15) is 12.0 Å². The SMILES string of the molecule is O=C1CO[C@H]2CCN(C(=O)N3CC4(CN(Cc5ccc(F)cc5Cl)C4)C3)C[C@H]2N1. The van der Waals surface area contributed by atoms with Gasteiger partial charge in [0.2, 0.25) is 5.91 Å². The Bertz CT molecular complexity index is 839. The molecule has 2 atom stereocenters. The smallest absolute Gasteiger partial charge is 0.320 e. The van der Waals surface area contributed by atoms with Crippen molar-refractivity contribution in [3.63, 3.8) is 0 Å². The Kier molecular flexibility index (Phi) is 4.68. The van der Waals surface area contributed by atoms with Gasteiger partial charge < -0.3 is 19.9 Å². The van der Waals surface area contributed by atoms with E-state index < -0.39 is 0 Å². The molecule has 4 aliphatic heterocycles. The summed E-state index contributed by atoms with van der Waals surface area (Å²) in [6.45, 7) is 5.33. The number of halogens is 2. The molecule has 4 aliphatic rings. The molecule has 1 aromatic carbocycles. The summed E-state index contributed by atoms with van der Waals surface area (Å²) in [6, 6.07) is 4.46. The number of urea groups is 1. The highest BCUT2D eigenvalue weighted by Crippen LogP contribution is 2.41. The van der Waals surface area contributed by atoms with E-state index in [0.717, 1.165) is 38.2 Å². The highest BCUT2D eigenvalue weighted by molar-refractivity contribution is 6.31. The molecule has 1 aromatic rings. The van der Waals surface area contributed by atoms with Gasteiger partial charge in [0, 0.05) is 56.3 Å². The fraction of sp³-hybridized carbons (Fsp3) is 0.600. The summed E-state index contributed by atoms with van der Waals surface area (Å²) in [4.78, 5) is 30.4. The third-order valence-corrected chi connectivity index (χ3v) is 6.80. The molecule has 0 radical (unpaired) electrons. The Balaban J connectivity index is 1.10. The average molecular weight is 423 g/mol. The first-order chi connectivity index (χ1) is 13.9. The summed E-state index contributed by atoms with van der Waals surface area (Å²) in [5.41, 5.74) is 1.10. The van der Waals surface area contributed by atoms with Crippen LogP contribution in [-0.4, -0.2) is 84.7 Å². The number of hydrogen-bond donors (Lipinski definition) is 1. The molecule has 0 aromatic heterocycles. The second-order valence-electron chi connectivity index (χ2n) is 8.78. The fourth-order valence-electron chi connectivity index (χ4n) is 5.08. The van der Waals surface area contributed by atoms with Gasteiger partial charge in [0.05, 0.1) is 12.1 Å². The summed E-state index contributed by atoms with van der Waals surface area (Å²) in [5, 5.41) is 3.39. The first-order valence-electron chi connectivity index (χ1n) is 10.0. The molecule has 0 bridgehead atoms. The predicted octanol–water partition coefficient (Wildman–Crippen LogP) is 1.31. The summed E-state index contributed by atoms with van der Waals surface area (Å²) in [6.07, 6.45) is 0.764. The van der Waals surface area contributed by atoms with Crippen LogP contribution >= 0.6 is 11.6 Å². The molecule has 29 heavy (non-hydrogen) atoms. The van der Waals surface area contributed by atoms with E-state index in [1.807, 2.05) is 9.80 Å². The van der Waals surface area contributed by atoms with Crippen molar-refractivity contribution in [3.05, 3.63) is 34.6 Å². The zero-order chi connectivity index (χ0) is 20.2. The average Bonchev–Trinajstić information content (AvgIpc) is 2.63. The second kappa shape index (κ2) is 7.11. The Morgan fingerprint density at radius 1 is 1.28 bits per heavy atom. The minimum atomic E-state index is -0.324. The second-order valence-corrected chi connectivity index (χ2v) is 9.18. The van der Waals surface area contributed by atoms with Gasteiger partial charge >= 0.3 is 6.03 Å². The number of hydrogen-bond acceptors (Lipinski definition) is 4. The predicted molar refractivity (Wildman–Crippen MR) is 104 cm³/mol. The van der Waals surface area contributed by atoms with Crippen LogP contribution in [0.4, 0.5) is 9.18 Å². The number of piperidine rings is 1. The fourth-order valence-corrected chi connectivity index (χ4v) is 5.30. The number of ether oxygens (including phenoxy) is 1. The zero-order valence-corrected chi connectivity index (χ0v) is 16.8. The first kappa shape index (κ1) is 19.1.